The van der Waals surface area contributed by atoms with E-state index in [0.717, 1.165) is 27.8 Å². The van der Waals surface area contributed by atoms with Gasteiger partial charge in [0.1, 0.15) is 11.4 Å². The second-order valence-electron chi connectivity index (χ2n) is 8.79. The lowest BCUT2D eigenvalue weighted by Crippen LogP contribution is -2.25. The monoisotopic (exact) mass is 480 g/mol. The summed E-state index contributed by atoms with van der Waals surface area (Å²) in [6, 6.07) is 14.7. The van der Waals surface area contributed by atoms with Crippen LogP contribution in [0.4, 0.5) is 17.3 Å². The number of benzene rings is 3. The Kier molecular flexibility index (Phi) is 5.22. The molecule has 1 aliphatic rings. The highest BCUT2D eigenvalue weighted by molar-refractivity contribution is 6.39. The number of rotatable bonds is 4. The number of aromatic amines is 1. The lowest BCUT2D eigenvalue weighted by atomic mass is 9.98. The molecule has 4 aromatic rings. The third-order valence-electron chi connectivity index (χ3n) is 5.57. The van der Waals surface area contributed by atoms with Crippen LogP contribution in [0.3, 0.4) is 0 Å². The Bertz CT molecular complexity index is 1370. The molecule has 1 aliphatic heterocycles. The molecule has 0 atom stereocenters. The van der Waals surface area contributed by atoms with Crippen molar-refractivity contribution in [2.24, 2.45) is 0 Å². The number of hydrogen-bond donors (Lipinski definition) is 3. The number of nitrogens with one attached hydrogen (secondary N) is 3. The molecule has 1 aromatic heterocycles. The van der Waals surface area contributed by atoms with Crippen LogP contribution >= 0.6 is 23.2 Å². The van der Waals surface area contributed by atoms with Gasteiger partial charge in [0.05, 0.1) is 32.3 Å². The summed E-state index contributed by atoms with van der Waals surface area (Å²) >= 11 is 12.6. The number of ether oxygens (including phenoxy) is 1. The van der Waals surface area contributed by atoms with E-state index in [0.29, 0.717) is 39.4 Å². The molecule has 0 unspecified atom stereocenters. The average molecular weight is 481 g/mol. The third kappa shape index (κ3) is 4.12. The maximum Gasteiger partial charge on any atom is 0.259 e. The standard InChI is InChI=1S/C25H22Cl2N4O2/c1-13-7-9-14(10-8-13)28-23(32)15-11-19-20(16-12-25(2,3)33-22(15)16)30-24(29-19)31-21-17(26)5-4-6-18(21)27/h4-11H,12H2,1-3H3,(H,28,32)(H2,29,30,31). The fourth-order valence-electron chi connectivity index (χ4n) is 4.02. The van der Waals surface area contributed by atoms with E-state index in [1.54, 1.807) is 24.3 Å². The first-order valence-corrected chi connectivity index (χ1v) is 11.3. The Labute approximate surface area is 201 Å². The molecule has 0 saturated heterocycles. The summed E-state index contributed by atoms with van der Waals surface area (Å²) < 4.78 is 6.20. The molecule has 2 heterocycles. The number of aromatic nitrogens is 2. The van der Waals surface area contributed by atoms with Crippen molar-refractivity contribution < 1.29 is 9.53 Å². The van der Waals surface area contributed by atoms with Gasteiger partial charge in [0.25, 0.3) is 5.91 Å². The number of fused-ring (bicyclic) bond motifs is 3. The summed E-state index contributed by atoms with van der Waals surface area (Å²) in [7, 11) is 0. The van der Waals surface area contributed by atoms with Gasteiger partial charge in [-0.2, -0.15) is 0 Å². The predicted octanol–water partition coefficient (Wildman–Crippen LogP) is 6.89. The summed E-state index contributed by atoms with van der Waals surface area (Å²) in [6.45, 7) is 5.99. The number of para-hydroxylation sites is 1. The highest BCUT2D eigenvalue weighted by Gasteiger charge is 2.36. The molecular weight excluding hydrogens is 459 g/mol. The Morgan fingerprint density at radius 2 is 1.82 bits per heavy atom. The number of nitrogens with zero attached hydrogens (tertiary/aromatic N) is 1. The zero-order chi connectivity index (χ0) is 23.3. The number of imidazole rings is 1. The summed E-state index contributed by atoms with van der Waals surface area (Å²) in [5, 5.41) is 7.09. The molecule has 0 fully saturated rings. The van der Waals surface area contributed by atoms with Crippen molar-refractivity contribution in [3.05, 3.63) is 75.3 Å². The summed E-state index contributed by atoms with van der Waals surface area (Å²) in [4.78, 5) is 21.2. The molecule has 0 saturated carbocycles. The van der Waals surface area contributed by atoms with Gasteiger partial charge < -0.3 is 20.4 Å². The normalized spacial score (nSPS) is 14.1. The molecule has 1 amide bonds. The van der Waals surface area contributed by atoms with Gasteiger partial charge in [-0.05, 0) is 51.1 Å². The summed E-state index contributed by atoms with van der Waals surface area (Å²) in [6.07, 6.45) is 0.627. The molecule has 6 nitrogen and oxygen atoms in total. The predicted molar refractivity (Wildman–Crippen MR) is 133 cm³/mol. The van der Waals surface area contributed by atoms with Gasteiger partial charge in [-0.15, -0.1) is 0 Å². The maximum atomic E-state index is 13.2. The second kappa shape index (κ2) is 7.97. The molecule has 0 spiro atoms. The fraction of sp³-hybridized carbons (Fsp3) is 0.200. The number of hydrogen-bond acceptors (Lipinski definition) is 4. The van der Waals surface area contributed by atoms with Gasteiger partial charge in [0.2, 0.25) is 5.95 Å². The van der Waals surface area contributed by atoms with Crippen molar-refractivity contribution >= 4 is 57.5 Å². The van der Waals surface area contributed by atoms with Crippen LogP contribution in [-0.4, -0.2) is 21.5 Å². The molecule has 33 heavy (non-hydrogen) atoms. The van der Waals surface area contributed by atoms with Crippen molar-refractivity contribution in [2.45, 2.75) is 32.8 Å². The smallest absolute Gasteiger partial charge is 0.259 e. The van der Waals surface area contributed by atoms with E-state index in [2.05, 4.69) is 15.6 Å². The highest BCUT2D eigenvalue weighted by atomic mass is 35.5. The Morgan fingerprint density at radius 1 is 1.12 bits per heavy atom. The number of amides is 1. The number of carbonyl (C=O) groups is 1. The minimum absolute atomic E-state index is 0.243. The number of anilines is 3. The van der Waals surface area contributed by atoms with Crippen LogP contribution in [0.25, 0.3) is 11.0 Å². The minimum Gasteiger partial charge on any atom is -0.486 e. The topological polar surface area (TPSA) is 79.0 Å². The highest BCUT2D eigenvalue weighted by Crippen LogP contribution is 2.43. The van der Waals surface area contributed by atoms with E-state index >= 15 is 0 Å². The Hall–Kier alpha value is -3.22. The first kappa shape index (κ1) is 21.6. The average Bonchev–Trinajstić information content (AvgIpc) is 3.31. The van der Waals surface area contributed by atoms with Crippen molar-refractivity contribution in [1.29, 1.82) is 0 Å². The molecule has 0 bridgehead atoms. The quantitative estimate of drug-likeness (QED) is 0.297. The largest absolute Gasteiger partial charge is 0.486 e. The first-order chi connectivity index (χ1) is 15.7. The van der Waals surface area contributed by atoms with E-state index in [9.17, 15) is 4.79 Å². The zero-order valence-corrected chi connectivity index (χ0v) is 19.9. The van der Waals surface area contributed by atoms with Crippen molar-refractivity contribution in [3.8, 4) is 5.75 Å². The molecule has 0 radical (unpaired) electrons. The number of H-pyrrole nitrogens is 1. The lowest BCUT2D eigenvalue weighted by Gasteiger charge is -2.18. The Balaban J connectivity index is 1.56. The molecular formula is C25H22Cl2N4O2. The lowest BCUT2D eigenvalue weighted by molar-refractivity contribution is 0.101. The molecule has 0 aliphatic carbocycles. The SMILES string of the molecule is Cc1ccc(NC(=O)c2cc3[nH]c(Nc4c(Cl)cccc4Cl)nc3c3c2OC(C)(C)C3)cc1. The van der Waals surface area contributed by atoms with E-state index < -0.39 is 5.60 Å². The first-order valence-electron chi connectivity index (χ1n) is 10.5. The molecule has 8 heteroatoms. The van der Waals surface area contributed by atoms with Gasteiger partial charge in [0, 0.05) is 17.7 Å². The van der Waals surface area contributed by atoms with Gasteiger partial charge >= 0.3 is 0 Å². The second-order valence-corrected chi connectivity index (χ2v) is 9.61. The molecule has 5 rings (SSSR count). The van der Waals surface area contributed by atoms with E-state index in [1.165, 1.54) is 0 Å². The van der Waals surface area contributed by atoms with Crippen LogP contribution in [0.1, 0.15) is 35.3 Å². The van der Waals surface area contributed by atoms with Crippen molar-refractivity contribution in [3.63, 3.8) is 0 Å². The van der Waals surface area contributed by atoms with Gasteiger partial charge in [-0.25, -0.2) is 4.98 Å². The third-order valence-corrected chi connectivity index (χ3v) is 6.20. The fourth-order valence-corrected chi connectivity index (χ4v) is 4.51. The van der Waals surface area contributed by atoms with Crippen LogP contribution in [0, 0.1) is 6.92 Å². The maximum absolute atomic E-state index is 13.2. The van der Waals surface area contributed by atoms with Crippen LogP contribution < -0.4 is 15.4 Å². The zero-order valence-electron chi connectivity index (χ0n) is 18.3. The van der Waals surface area contributed by atoms with Gasteiger partial charge in [-0.1, -0.05) is 47.0 Å². The number of aryl methyl sites for hydroxylation is 1. The molecule has 3 N–H and O–H groups in total. The van der Waals surface area contributed by atoms with Gasteiger partial charge in [-0.3, -0.25) is 4.79 Å². The van der Waals surface area contributed by atoms with E-state index in [4.69, 9.17) is 32.9 Å². The van der Waals surface area contributed by atoms with Crippen molar-refractivity contribution in [1.82, 2.24) is 9.97 Å². The number of carbonyl (C=O) groups excluding carboxylic acids is 1. The van der Waals surface area contributed by atoms with E-state index in [-0.39, 0.29) is 5.91 Å². The van der Waals surface area contributed by atoms with E-state index in [1.807, 2.05) is 45.0 Å². The summed E-state index contributed by atoms with van der Waals surface area (Å²) in [5.41, 5.74) is 4.76. The molecule has 168 valence electrons. The van der Waals surface area contributed by atoms with Gasteiger partial charge in [0.15, 0.2) is 0 Å². The summed E-state index contributed by atoms with van der Waals surface area (Å²) in [5.74, 6) is 0.793. The van der Waals surface area contributed by atoms with Crippen LogP contribution in [0.2, 0.25) is 10.0 Å². The van der Waals surface area contributed by atoms with Crippen LogP contribution in [0.15, 0.2) is 48.5 Å². The number of halogens is 2. The molecule has 3 aromatic carbocycles. The van der Waals surface area contributed by atoms with Crippen LogP contribution in [0.5, 0.6) is 5.75 Å². The Morgan fingerprint density at radius 3 is 2.52 bits per heavy atom. The van der Waals surface area contributed by atoms with Crippen molar-refractivity contribution in [2.75, 3.05) is 10.6 Å². The van der Waals surface area contributed by atoms with Crippen LogP contribution in [-0.2, 0) is 6.42 Å². The minimum atomic E-state index is -0.450.